The van der Waals surface area contributed by atoms with Gasteiger partial charge >= 0.3 is 0 Å². The summed E-state index contributed by atoms with van der Waals surface area (Å²) in [7, 11) is 1.78. The van der Waals surface area contributed by atoms with Crippen LogP contribution in [0.4, 0.5) is 4.39 Å². The fourth-order valence-corrected chi connectivity index (χ4v) is 3.76. The van der Waals surface area contributed by atoms with Crippen LogP contribution in [0.3, 0.4) is 0 Å². The molecule has 0 saturated carbocycles. The Morgan fingerprint density at radius 1 is 1.33 bits per heavy atom. The van der Waals surface area contributed by atoms with E-state index in [2.05, 4.69) is 27.4 Å². The van der Waals surface area contributed by atoms with Gasteiger partial charge in [0.2, 0.25) is 0 Å². The van der Waals surface area contributed by atoms with E-state index in [4.69, 9.17) is 9.47 Å². The van der Waals surface area contributed by atoms with Crippen LogP contribution in [0.1, 0.15) is 37.3 Å². The average molecular weight is 378 g/mol. The largest absolute Gasteiger partial charge is 0.467 e. The van der Waals surface area contributed by atoms with Crippen LogP contribution < -0.4 is 15.4 Å². The summed E-state index contributed by atoms with van der Waals surface area (Å²) in [4.78, 5) is 6.85. The molecule has 2 heterocycles. The lowest BCUT2D eigenvalue weighted by Gasteiger charge is -2.32. The molecule has 1 saturated heterocycles. The molecule has 0 bridgehead atoms. The smallest absolute Gasteiger partial charge is 0.191 e. The van der Waals surface area contributed by atoms with Crippen LogP contribution in [0, 0.1) is 5.82 Å². The minimum absolute atomic E-state index is 0.221. The third kappa shape index (κ3) is 5.56. The van der Waals surface area contributed by atoms with E-state index in [0.717, 1.165) is 48.8 Å². The van der Waals surface area contributed by atoms with Crippen molar-refractivity contribution in [1.82, 2.24) is 15.5 Å². The molecule has 1 aromatic carbocycles. The van der Waals surface area contributed by atoms with Crippen molar-refractivity contribution in [1.29, 1.82) is 0 Å². The monoisotopic (exact) mass is 378 g/mol. The lowest BCUT2D eigenvalue weighted by Crippen LogP contribution is -2.49. The van der Waals surface area contributed by atoms with E-state index < -0.39 is 0 Å². The molecular formula is C20H31FN4O2. The number of guanidine groups is 1. The Morgan fingerprint density at radius 2 is 2.15 bits per heavy atom. The number of benzene rings is 1. The summed E-state index contributed by atoms with van der Waals surface area (Å²) in [5, 5.41) is 6.86. The van der Waals surface area contributed by atoms with Crippen LogP contribution in [0.15, 0.2) is 17.1 Å². The molecule has 2 aliphatic rings. The van der Waals surface area contributed by atoms with Gasteiger partial charge in [0.15, 0.2) is 12.8 Å². The van der Waals surface area contributed by atoms with Crippen molar-refractivity contribution in [3.63, 3.8) is 0 Å². The number of rotatable bonds is 6. The zero-order valence-electron chi connectivity index (χ0n) is 16.4. The van der Waals surface area contributed by atoms with Crippen LogP contribution in [-0.4, -0.2) is 56.9 Å². The van der Waals surface area contributed by atoms with Gasteiger partial charge in [0.1, 0.15) is 11.6 Å². The summed E-state index contributed by atoms with van der Waals surface area (Å²) in [5.41, 5.74) is 1.64. The molecule has 2 N–H and O–H groups in total. The van der Waals surface area contributed by atoms with Gasteiger partial charge in [-0.1, -0.05) is 6.92 Å². The van der Waals surface area contributed by atoms with Crippen molar-refractivity contribution in [3.8, 4) is 5.75 Å². The minimum Gasteiger partial charge on any atom is -0.467 e. The molecule has 3 rings (SSSR count). The van der Waals surface area contributed by atoms with Gasteiger partial charge in [-0.3, -0.25) is 4.99 Å². The molecule has 1 fully saturated rings. The van der Waals surface area contributed by atoms with E-state index in [1.807, 2.05) is 0 Å². The van der Waals surface area contributed by atoms with Crippen molar-refractivity contribution in [2.45, 2.75) is 45.3 Å². The Balaban J connectivity index is 1.47. The van der Waals surface area contributed by atoms with Crippen molar-refractivity contribution >= 4 is 5.96 Å². The second-order valence-corrected chi connectivity index (χ2v) is 7.17. The van der Waals surface area contributed by atoms with E-state index in [1.165, 1.54) is 19.0 Å². The summed E-state index contributed by atoms with van der Waals surface area (Å²) in [6, 6.07) is 3.48. The highest BCUT2D eigenvalue weighted by atomic mass is 19.1. The Bertz CT molecular complexity index is 645. The van der Waals surface area contributed by atoms with E-state index >= 15 is 0 Å². The predicted molar refractivity (Wildman–Crippen MR) is 105 cm³/mol. The van der Waals surface area contributed by atoms with Gasteiger partial charge in [0.25, 0.3) is 0 Å². The van der Waals surface area contributed by atoms with Crippen LogP contribution >= 0.6 is 0 Å². The lowest BCUT2D eigenvalue weighted by atomic mass is 10.0. The summed E-state index contributed by atoms with van der Waals surface area (Å²) in [6.07, 6.45) is 4.13. The van der Waals surface area contributed by atoms with Crippen LogP contribution in [0.25, 0.3) is 0 Å². The zero-order valence-corrected chi connectivity index (χ0v) is 16.4. The number of nitrogens with zero attached hydrogens (tertiary/aromatic N) is 2. The second kappa shape index (κ2) is 9.90. The molecule has 27 heavy (non-hydrogen) atoms. The highest BCUT2D eigenvalue weighted by Gasteiger charge is 2.20. The van der Waals surface area contributed by atoms with Gasteiger partial charge in [-0.15, -0.1) is 0 Å². The maximum atomic E-state index is 13.8. The molecule has 0 amide bonds. The maximum Gasteiger partial charge on any atom is 0.191 e. The number of aliphatic imine (C=N–C) groups is 1. The molecule has 2 aliphatic heterocycles. The van der Waals surface area contributed by atoms with E-state index in [9.17, 15) is 4.39 Å². The normalized spacial score (nSPS) is 18.7. The Kier molecular flexibility index (Phi) is 7.29. The number of piperidine rings is 1. The lowest BCUT2D eigenvalue weighted by molar-refractivity contribution is -0.0172. The van der Waals surface area contributed by atoms with Crippen molar-refractivity contribution in [3.05, 3.63) is 29.1 Å². The highest BCUT2D eigenvalue weighted by molar-refractivity contribution is 5.80. The number of likely N-dealkylation sites (tertiary alicyclic amines) is 1. The molecule has 0 aromatic heterocycles. The summed E-state index contributed by atoms with van der Waals surface area (Å²) >= 11 is 0. The van der Waals surface area contributed by atoms with Crippen molar-refractivity contribution in [2.75, 3.05) is 40.0 Å². The van der Waals surface area contributed by atoms with Crippen LogP contribution in [0.2, 0.25) is 0 Å². The molecule has 1 aromatic rings. The SMILES string of the molecule is CCCN1CCC(NC(=NC)NCCc2cc(F)cc3c2OCOC3)CC1. The molecular weight excluding hydrogens is 347 g/mol. The molecule has 6 nitrogen and oxygen atoms in total. The quantitative estimate of drug-likeness (QED) is 0.588. The number of hydrogen-bond acceptors (Lipinski definition) is 4. The van der Waals surface area contributed by atoms with Gasteiger partial charge in [0, 0.05) is 38.3 Å². The number of halogens is 1. The van der Waals surface area contributed by atoms with Gasteiger partial charge in [-0.05, 0) is 49.9 Å². The molecule has 7 heteroatoms. The second-order valence-electron chi connectivity index (χ2n) is 7.17. The summed E-state index contributed by atoms with van der Waals surface area (Å²) < 4.78 is 24.6. The van der Waals surface area contributed by atoms with Crippen molar-refractivity contribution < 1.29 is 13.9 Å². The molecule has 0 atom stereocenters. The molecule has 0 spiro atoms. The first kappa shape index (κ1) is 19.9. The Labute approximate surface area is 161 Å². The van der Waals surface area contributed by atoms with Crippen LogP contribution in [-0.2, 0) is 17.8 Å². The molecule has 150 valence electrons. The van der Waals surface area contributed by atoms with E-state index in [0.29, 0.717) is 25.6 Å². The van der Waals surface area contributed by atoms with Gasteiger partial charge in [-0.25, -0.2) is 4.39 Å². The topological polar surface area (TPSA) is 58.1 Å². The number of fused-ring (bicyclic) bond motifs is 1. The first-order chi connectivity index (χ1) is 13.2. The Morgan fingerprint density at radius 3 is 2.89 bits per heavy atom. The fourth-order valence-electron chi connectivity index (χ4n) is 3.76. The highest BCUT2D eigenvalue weighted by Crippen LogP contribution is 2.29. The van der Waals surface area contributed by atoms with E-state index in [-0.39, 0.29) is 12.6 Å². The fraction of sp³-hybridized carbons (Fsp3) is 0.650. The molecule has 0 radical (unpaired) electrons. The first-order valence-corrected chi connectivity index (χ1v) is 9.91. The van der Waals surface area contributed by atoms with E-state index in [1.54, 1.807) is 13.1 Å². The number of hydrogen-bond donors (Lipinski definition) is 2. The van der Waals surface area contributed by atoms with Gasteiger partial charge in [0.05, 0.1) is 6.61 Å². The third-order valence-electron chi connectivity index (χ3n) is 5.13. The maximum absolute atomic E-state index is 13.8. The summed E-state index contributed by atoms with van der Waals surface area (Å²) in [5.74, 6) is 1.31. The summed E-state index contributed by atoms with van der Waals surface area (Å²) in [6.45, 7) is 6.96. The number of ether oxygens (including phenoxy) is 2. The molecule has 0 aliphatic carbocycles. The zero-order chi connectivity index (χ0) is 19.1. The standard InChI is InChI=1S/C20H31FN4O2/c1-3-8-25-9-5-18(6-10-25)24-20(22-2)23-7-4-15-11-17(21)12-16-13-26-14-27-19(15)16/h11-12,18H,3-10,13-14H2,1-2H3,(H2,22,23,24). The Hall–Kier alpha value is -1.86. The van der Waals surface area contributed by atoms with Crippen LogP contribution in [0.5, 0.6) is 5.75 Å². The molecule has 0 unspecified atom stereocenters. The predicted octanol–water partition coefficient (Wildman–Crippen LogP) is 2.27. The average Bonchev–Trinajstić information content (AvgIpc) is 2.68. The number of nitrogens with one attached hydrogen (secondary N) is 2. The van der Waals surface area contributed by atoms with Crippen molar-refractivity contribution in [2.24, 2.45) is 4.99 Å². The van der Waals surface area contributed by atoms with Gasteiger partial charge in [-0.2, -0.15) is 0 Å². The first-order valence-electron chi connectivity index (χ1n) is 9.91. The minimum atomic E-state index is -0.251. The third-order valence-corrected chi connectivity index (χ3v) is 5.13. The van der Waals surface area contributed by atoms with Gasteiger partial charge < -0.3 is 25.0 Å².